The number of rotatable bonds is 4. The zero-order valence-corrected chi connectivity index (χ0v) is 18.0. The summed E-state index contributed by atoms with van der Waals surface area (Å²) in [5.74, 6) is -0.0780. The van der Waals surface area contributed by atoms with E-state index in [0.717, 1.165) is 22.4 Å². The zero-order chi connectivity index (χ0) is 21.5. The number of anilines is 2. The molecule has 1 aliphatic rings. The topological polar surface area (TPSA) is 66.5 Å². The number of carbonyl (C=O) groups is 1. The number of nitrogens with zero attached hydrogens (tertiary/aromatic N) is 1. The van der Waals surface area contributed by atoms with E-state index in [1.807, 2.05) is 51.1 Å². The summed E-state index contributed by atoms with van der Waals surface area (Å²) in [6.07, 6.45) is 0.612. The van der Waals surface area contributed by atoms with Gasteiger partial charge >= 0.3 is 0 Å². The Bertz CT molecular complexity index is 1220. The maximum atomic E-state index is 13.0. The van der Waals surface area contributed by atoms with Crippen LogP contribution < -0.4 is 9.62 Å². The molecule has 3 aromatic rings. The van der Waals surface area contributed by atoms with E-state index in [1.54, 1.807) is 41.3 Å². The molecule has 3 aromatic carbocycles. The monoisotopic (exact) mass is 420 g/mol. The highest BCUT2D eigenvalue weighted by molar-refractivity contribution is 7.92. The Morgan fingerprint density at radius 1 is 0.967 bits per heavy atom. The van der Waals surface area contributed by atoms with Gasteiger partial charge in [-0.3, -0.25) is 9.52 Å². The van der Waals surface area contributed by atoms with Crippen LogP contribution in [0.3, 0.4) is 0 Å². The van der Waals surface area contributed by atoms with Crippen LogP contribution in [0.1, 0.15) is 34.0 Å². The number of carbonyl (C=O) groups excluding carboxylic acids is 1. The van der Waals surface area contributed by atoms with Gasteiger partial charge in [0.1, 0.15) is 0 Å². The van der Waals surface area contributed by atoms with Crippen molar-refractivity contribution in [3.63, 3.8) is 0 Å². The summed E-state index contributed by atoms with van der Waals surface area (Å²) < 4.78 is 28.5. The molecule has 1 N–H and O–H groups in total. The molecule has 154 valence electrons. The first-order valence-electron chi connectivity index (χ1n) is 9.88. The third-order valence-electron chi connectivity index (χ3n) is 5.58. The first-order valence-corrected chi connectivity index (χ1v) is 11.4. The third kappa shape index (κ3) is 3.71. The molecule has 1 atom stereocenters. The lowest BCUT2D eigenvalue weighted by atomic mass is 10.1. The van der Waals surface area contributed by atoms with E-state index in [-0.39, 0.29) is 16.8 Å². The molecule has 1 aliphatic heterocycles. The lowest BCUT2D eigenvalue weighted by Gasteiger charge is -2.23. The van der Waals surface area contributed by atoms with E-state index in [0.29, 0.717) is 17.7 Å². The summed E-state index contributed by atoms with van der Waals surface area (Å²) >= 11 is 0. The summed E-state index contributed by atoms with van der Waals surface area (Å²) in [6.45, 7) is 5.91. The van der Waals surface area contributed by atoms with Crippen molar-refractivity contribution in [2.24, 2.45) is 0 Å². The van der Waals surface area contributed by atoms with E-state index in [9.17, 15) is 13.2 Å². The Kier molecular flexibility index (Phi) is 5.12. The summed E-state index contributed by atoms with van der Waals surface area (Å²) in [5, 5.41) is 0. The maximum Gasteiger partial charge on any atom is 0.261 e. The summed E-state index contributed by atoms with van der Waals surface area (Å²) in [5.41, 5.74) is 4.90. The molecule has 0 bridgehead atoms. The van der Waals surface area contributed by atoms with E-state index in [1.165, 1.54) is 0 Å². The summed E-state index contributed by atoms with van der Waals surface area (Å²) in [7, 11) is -3.73. The van der Waals surface area contributed by atoms with E-state index in [4.69, 9.17) is 0 Å². The third-order valence-corrected chi connectivity index (χ3v) is 6.95. The largest absolute Gasteiger partial charge is 0.305 e. The van der Waals surface area contributed by atoms with E-state index < -0.39 is 10.0 Å². The van der Waals surface area contributed by atoms with Crippen molar-refractivity contribution in [3.05, 3.63) is 89.0 Å². The molecule has 1 amide bonds. The van der Waals surface area contributed by atoms with Crippen LogP contribution in [-0.2, 0) is 16.4 Å². The SMILES string of the molecule is Cc1ccc(NS(=O)(=O)c2ccc3c(c2)C[C@H](C)N3C(=O)c2ccccc2)cc1C. The lowest BCUT2D eigenvalue weighted by Crippen LogP contribution is -2.35. The van der Waals surface area contributed by atoms with Gasteiger partial charge in [-0.1, -0.05) is 24.3 Å². The van der Waals surface area contributed by atoms with Crippen LogP contribution in [0.15, 0.2) is 71.6 Å². The summed E-state index contributed by atoms with van der Waals surface area (Å²) in [4.78, 5) is 14.9. The lowest BCUT2D eigenvalue weighted by molar-refractivity contribution is 0.0981. The van der Waals surface area contributed by atoms with Crippen molar-refractivity contribution < 1.29 is 13.2 Å². The fraction of sp³-hybridized carbons (Fsp3) is 0.208. The van der Waals surface area contributed by atoms with Gasteiger partial charge in [0.25, 0.3) is 15.9 Å². The average molecular weight is 421 g/mol. The predicted molar refractivity (Wildman–Crippen MR) is 120 cm³/mol. The molecule has 0 fully saturated rings. The molecule has 5 nitrogen and oxygen atoms in total. The molecule has 6 heteroatoms. The molecule has 1 heterocycles. The normalized spacial score (nSPS) is 15.7. The molecule has 0 aromatic heterocycles. The molecule has 0 unspecified atom stereocenters. The molecule has 0 radical (unpaired) electrons. The fourth-order valence-corrected chi connectivity index (χ4v) is 4.92. The van der Waals surface area contributed by atoms with Gasteiger partial charge in [-0.2, -0.15) is 0 Å². The van der Waals surface area contributed by atoms with Crippen molar-refractivity contribution in [2.45, 2.75) is 38.1 Å². The fourth-order valence-electron chi connectivity index (χ4n) is 3.82. The molecule has 0 saturated carbocycles. The molecule has 0 aliphatic carbocycles. The van der Waals surface area contributed by atoms with Gasteiger partial charge in [0.05, 0.1) is 4.90 Å². The Morgan fingerprint density at radius 3 is 2.40 bits per heavy atom. The van der Waals surface area contributed by atoms with Gasteiger partial charge in [-0.05, 0) is 86.3 Å². The van der Waals surface area contributed by atoms with Crippen molar-refractivity contribution in [3.8, 4) is 0 Å². The van der Waals surface area contributed by atoms with Gasteiger partial charge < -0.3 is 4.90 Å². The molecule has 0 saturated heterocycles. The quantitative estimate of drug-likeness (QED) is 0.666. The smallest absolute Gasteiger partial charge is 0.261 e. The Hall–Kier alpha value is -3.12. The highest BCUT2D eigenvalue weighted by Crippen LogP contribution is 2.35. The van der Waals surface area contributed by atoms with Crippen LogP contribution in [0.5, 0.6) is 0 Å². The van der Waals surface area contributed by atoms with Crippen LogP contribution in [0, 0.1) is 13.8 Å². The second kappa shape index (κ2) is 7.61. The van der Waals surface area contributed by atoms with Crippen molar-refractivity contribution in [2.75, 3.05) is 9.62 Å². The van der Waals surface area contributed by atoms with Crippen molar-refractivity contribution >= 4 is 27.3 Å². The van der Waals surface area contributed by atoms with Crippen LogP contribution in [0.2, 0.25) is 0 Å². The Morgan fingerprint density at radius 2 is 1.70 bits per heavy atom. The highest BCUT2D eigenvalue weighted by atomic mass is 32.2. The minimum atomic E-state index is -3.73. The number of hydrogen-bond acceptors (Lipinski definition) is 3. The highest BCUT2D eigenvalue weighted by Gasteiger charge is 2.32. The van der Waals surface area contributed by atoms with Gasteiger partial charge in [-0.25, -0.2) is 8.42 Å². The van der Waals surface area contributed by atoms with Crippen LogP contribution in [0.4, 0.5) is 11.4 Å². The van der Waals surface area contributed by atoms with Gasteiger partial charge in [-0.15, -0.1) is 0 Å². The average Bonchev–Trinajstić information content (AvgIpc) is 3.05. The van der Waals surface area contributed by atoms with Gasteiger partial charge in [0, 0.05) is 23.0 Å². The maximum absolute atomic E-state index is 13.0. The molecule has 4 rings (SSSR count). The molecule has 30 heavy (non-hydrogen) atoms. The summed E-state index contributed by atoms with van der Waals surface area (Å²) in [6, 6.07) is 19.5. The van der Waals surface area contributed by atoms with E-state index >= 15 is 0 Å². The van der Waals surface area contributed by atoms with Crippen LogP contribution in [0.25, 0.3) is 0 Å². The van der Waals surface area contributed by atoms with Gasteiger partial charge in [0.15, 0.2) is 0 Å². The zero-order valence-electron chi connectivity index (χ0n) is 17.2. The minimum Gasteiger partial charge on any atom is -0.305 e. The first-order chi connectivity index (χ1) is 14.3. The minimum absolute atomic E-state index is 0.0432. The Balaban J connectivity index is 1.63. The van der Waals surface area contributed by atoms with E-state index in [2.05, 4.69) is 4.72 Å². The number of amides is 1. The number of nitrogens with one attached hydrogen (secondary N) is 1. The molecule has 0 spiro atoms. The number of sulfonamides is 1. The van der Waals surface area contributed by atoms with Crippen molar-refractivity contribution in [1.82, 2.24) is 0 Å². The number of benzene rings is 3. The standard InChI is InChI=1S/C24H24N2O3S/c1-16-9-10-21(13-17(16)2)25-30(28,29)22-11-12-23-20(15-22)14-18(3)26(23)24(27)19-7-5-4-6-8-19/h4-13,15,18,25H,14H2,1-3H3/t18-/m0/s1. The Labute approximate surface area is 177 Å². The molecular weight excluding hydrogens is 396 g/mol. The van der Waals surface area contributed by atoms with Gasteiger partial charge in [0.2, 0.25) is 0 Å². The molecular formula is C24H24N2O3S. The number of aryl methyl sites for hydroxylation is 2. The van der Waals surface area contributed by atoms with Crippen LogP contribution >= 0.6 is 0 Å². The number of fused-ring (bicyclic) bond motifs is 1. The first kappa shape index (κ1) is 20.2. The predicted octanol–water partition coefficient (Wildman–Crippen LogP) is 4.70. The second-order valence-electron chi connectivity index (χ2n) is 7.79. The second-order valence-corrected chi connectivity index (χ2v) is 9.47. The van der Waals surface area contributed by atoms with Crippen LogP contribution in [-0.4, -0.2) is 20.4 Å². The van der Waals surface area contributed by atoms with Crippen molar-refractivity contribution in [1.29, 1.82) is 0 Å². The number of hydrogen-bond donors (Lipinski definition) is 1.